The molecule has 4 atom stereocenters. The van der Waals surface area contributed by atoms with Crippen LogP contribution in [0.1, 0.15) is 33.6 Å². The number of Topliss-reactive ketones (excluding diaryl/α,β-unsaturated/α-hetero) is 1. The quantitative estimate of drug-likeness (QED) is 0.613. The van der Waals surface area contributed by atoms with E-state index in [4.69, 9.17) is 0 Å². The van der Waals surface area contributed by atoms with Gasteiger partial charge in [0.05, 0.1) is 6.04 Å². The van der Waals surface area contributed by atoms with Crippen molar-refractivity contribution in [2.45, 2.75) is 45.7 Å². The summed E-state index contributed by atoms with van der Waals surface area (Å²) in [5, 5.41) is 0. The fourth-order valence-corrected chi connectivity index (χ4v) is 2.91. The molecule has 3 aliphatic heterocycles. The molecule has 2 bridgehead atoms. The van der Waals surface area contributed by atoms with Crippen LogP contribution in [0.4, 0.5) is 0 Å². The molecule has 4 unspecified atom stereocenters. The van der Waals surface area contributed by atoms with E-state index in [1.54, 1.807) is 0 Å². The molecular formula is C11H19NO. The Morgan fingerprint density at radius 2 is 2.15 bits per heavy atom. The highest BCUT2D eigenvalue weighted by molar-refractivity contribution is 5.87. The van der Waals surface area contributed by atoms with E-state index in [2.05, 4.69) is 25.7 Å². The maximum absolute atomic E-state index is 11.7. The van der Waals surface area contributed by atoms with Crippen LogP contribution >= 0.6 is 0 Å². The predicted octanol–water partition coefficient (Wildman–Crippen LogP) is 1.69. The number of carbonyl (C=O) groups excluding carboxylic acids is 1. The molecule has 2 heteroatoms. The molecule has 0 spiro atoms. The second-order valence-electron chi connectivity index (χ2n) is 4.85. The molecule has 0 aliphatic carbocycles. The summed E-state index contributed by atoms with van der Waals surface area (Å²) in [7, 11) is 0. The molecule has 0 aromatic rings. The monoisotopic (exact) mass is 181 g/mol. The van der Waals surface area contributed by atoms with Crippen molar-refractivity contribution in [3.8, 4) is 0 Å². The number of hydrogen-bond donors (Lipinski definition) is 0. The van der Waals surface area contributed by atoms with Crippen molar-refractivity contribution in [2.24, 2.45) is 11.8 Å². The average molecular weight is 181 g/mol. The molecule has 3 fully saturated rings. The molecule has 74 valence electrons. The topological polar surface area (TPSA) is 20.3 Å². The Kier molecular flexibility index (Phi) is 2.18. The van der Waals surface area contributed by atoms with Gasteiger partial charge < -0.3 is 0 Å². The highest BCUT2D eigenvalue weighted by Crippen LogP contribution is 2.36. The summed E-state index contributed by atoms with van der Waals surface area (Å²) in [6.07, 6.45) is 2.22. The van der Waals surface area contributed by atoms with Gasteiger partial charge in [0.2, 0.25) is 0 Å². The standard InChI is InChI=1S/C11H19NO/c1-7(2)10-6-9-4-5-12(10)8(3)11(9)13/h7-10H,4-6H2,1-3H3. The minimum atomic E-state index is 0.194. The van der Waals surface area contributed by atoms with Crippen LogP contribution < -0.4 is 0 Å². The van der Waals surface area contributed by atoms with Crippen LogP contribution in [-0.2, 0) is 4.79 Å². The third-order valence-corrected chi connectivity index (χ3v) is 3.77. The maximum atomic E-state index is 11.7. The number of fused-ring (bicyclic) bond motifs is 3. The van der Waals surface area contributed by atoms with Crippen molar-refractivity contribution in [3.63, 3.8) is 0 Å². The van der Waals surface area contributed by atoms with E-state index in [1.165, 1.54) is 0 Å². The van der Waals surface area contributed by atoms with Crippen LogP contribution in [0, 0.1) is 11.8 Å². The first-order chi connectivity index (χ1) is 6.11. The molecule has 0 radical (unpaired) electrons. The molecule has 0 aromatic heterocycles. The molecule has 0 saturated carbocycles. The summed E-state index contributed by atoms with van der Waals surface area (Å²) in [5.41, 5.74) is 0. The molecule has 2 nitrogen and oxygen atoms in total. The zero-order valence-electron chi connectivity index (χ0n) is 8.79. The SMILES string of the molecule is CC(C)C1CC2CCN1C(C)C2=O. The second kappa shape index (κ2) is 3.09. The van der Waals surface area contributed by atoms with E-state index in [-0.39, 0.29) is 6.04 Å². The first kappa shape index (κ1) is 9.20. The molecule has 0 aromatic carbocycles. The van der Waals surface area contributed by atoms with E-state index >= 15 is 0 Å². The lowest BCUT2D eigenvalue weighted by Crippen LogP contribution is -2.60. The molecule has 3 saturated heterocycles. The zero-order chi connectivity index (χ0) is 9.59. The molecular weight excluding hydrogens is 162 g/mol. The van der Waals surface area contributed by atoms with Crippen molar-refractivity contribution in [1.29, 1.82) is 0 Å². The van der Waals surface area contributed by atoms with Gasteiger partial charge in [-0.1, -0.05) is 13.8 Å². The van der Waals surface area contributed by atoms with Crippen LogP contribution in [0.2, 0.25) is 0 Å². The Labute approximate surface area is 80.3 Å². The minimum Gasteiger partial charge on any atom is -0.298 e. The van der Waals surface area contributed by atoms with E-state index in [9.17, 15) is 4.79 Å². The first-order valence-electron chi connectivity index (χ1n) is 5.40. The van der Waals surface area contributed by atoms with Crippen LogP contribution in [0.15, 0.2) is 0 Å². The number of hydrogen-bond acceptors (Lipinski definition) is 2. The number of nitrogens with zero attached hydrogens (tertiary/aromatic N) is 1. The highest BCUT2D eigenvalue weighted by atomic mass is 16.1. The average Bonchev–Trinajstić information content (AvgIpc) is 2.12. The highest BCUT2D eigenvalue weighted by Gasteiger charge is 2.44. The van der Waals surface area contributed by atoms with E-state index in [0.717, 1.165) is 19.4 Å². The largest absolute Gasteiger partial charge is 0.298 e. The van der Waals surface area contributed by atoms with Gasteiger partial charge in [-0.25, -0.2) is 0 Å². The van der Waals surface area contributed by atoms with Gasteiger partial charge in [0.25, 0.3) is 0 Å². The molecule has 3 rings (SSSR count). The van der Waals surface area contributed by atoms with Gasteiger partial charge in [0.1, 0.15) is 0 Å². The summed E-state index contributed by atoms with van der Waals surface area (Å²) in [6.45, 7) is 7.74. The van der Waals surface area contributed by atoms with Gasteiger partial charge >= 0.3 is 0 Å². The number of ketones is 1. The smallest absolute Gasteiger partial charge is 0.152 e. The zero-order valence-corrected chi connectivity index (χ0v) is 8.79. The Hall–Kier alpha value is -0.370. The molecule has 0 amide bonds. The van der Waals surface area contributed by atoms with Gasteiger partial charge in [-0.2, -0.15) is 0 Å². The number of rotatable bonds is 1. The molecule has 3 heterocycles. The third-order valence-electron chi connectivity index (χ3n) is 3.77. The summed E-state index contributed by atoms with van der Waals surface area (Å²) in [4.78, 5) is 14.1. The fourth-order valence-electron chi connectivity index (χ4n) is 2.91. The lowest BCUT2D eigenvalue weighted by atomic mass is 9.75. The van der Waals surface area contributed by atoms with Crippen molar-refractivity contribution in [2.75, 3.05) is 6.54 Å². The van der Waals surface area contributed by atoms with E-state index < -0.39 is 0 Å². The molecule has 0 N–H and O–H groups in total. The van der Waals surface area contributed by atoms with Gasteiger partial charge in [-0.15, -0.1) is 0 Å². The van der Waals surface area contributed by atoms with Gasteiger partial charge in [0, 0.05) is 12.0 Å². The van der Waals surface area contributed by atoms with E-state index in [0.29, 0.717) is 23.7 Å². The summed E-state index contributed by atoms with van der Waals surface area (Å²) < 4.78 is 0. The van der Waals surface area contributed by atoms with Crippen LogP contribution in [-0.4, -0.2) is 29.3 Å². The summed E-state index contributed by atoms with van der Waals surface area (Å²) in [5.74, 6) is 1.56. The molecule has 3 aliphatic rings. The third kappa shape index (κ3) is 1.32. The van der Waals surface area contributed by atoms with Crippen molar-refractivity contribution < 1.29 is 4.79 Å². The lowest BCUT2D eigenvalue weighted by Gasteiger charge is -2.50. The van der Waals surface area contributed by atoms with Crippen molar-refractivity contribution in [3.05, 3.63) is 0 Å². The Morgan fingerprint density at radius 3 is 2.69 bits per heavy atom. The number of carbonyl (C=O) groups is 1. The summed E-state index contributed by atoms with van der Waals surface area (Å²) >= 11 is 0. The van der Waals surface area contributed by atoms with Crippen molar-refractivity contribution >= 4 is 5.78 Å². The van der Waals surface area contributed by atoms with Crippen LogP contribution in [0.3, 0.4) is 0 Å². The normalized spacial score (nSPS) is 44.5. The lowest BCUT2D eigenvalue weighted by molar-refractivity contribution is -0.141. The van der Waals surface area contributed by atoms with E-state index in [1.807, 2.05) is 0 Å². The van der Waals surface area contributed by atoms with Crippen molar-refractivity contribution in [1.82, 2.24) is 4.90 Å². The molecule has 13 heavy (non-hydrogen) atoms. The Bertz CT molecular complexity index is 220. The van der Waals surface area contributed by atoms with Gasteiger partial charge in [-0.3, -0.25) is 9.69 Å². The van der Waals surface area contributed by atoms with Gasteiger partial charge in [-0.05, 0) is 32.2 Å². The minimum absolute atomic E-state index is 0.194. The maximum Gasteiger partial charge on any atom is 0.152 e. The van der Waals surface area contributed by atoms with Gasteiger partial charge in [0.15, 0.2) is 5.78 Å². The predicted molar refractivity (Wildman–Crippen MR) is 52.5 cm³/mol. The second-order valence-corrected chi connectivity index (χ2v) is 4.85. The summed E-state index contributed by atoms with van der Waals surface area (Å²) in [6, 6.07) is 0.853. The first-order valence-corrected chi connectivity index (χ1v) is 5.40. The van der Waals surface area contributed by atoms with Crippen LogP contribution in [0.25, 0.3) is 0 Å². The van der Waals surface area contributed by atoms with Crippen LogP contribution in [0.5, 0.6) is 0 Å². The Morgan fingerprint density at radius 1 is 1.46 bits per heavy atom. The Balaban J connectivity index is 2.18. The fraction of sp³-hybridized carbons (Fsp3) is 0.909. The number of piperidine rings is 3.